The lowest BCUT2D eigenvalue weighted by molar-refractivity contribution is 0.481. The second-order valence-electron chi connectivity index (χ2n) is 4.49. The molecule has 1 aromatic rings. The summed E-state index contributed by atoms with van der Waals surface area (Å²) in [4.78, 5) is 11.9. The third-order valence-corrected chi connectivity index (χ3v) is 4.85. The Kier molecular flexibility index (Phi) is 3.03. The van der Waals surface area contributed by atoms with E-state index in [1.54, 1.807) is 0 Å². The topological polar surface area (TPSA) is 98.0 Å². The molecule has 3 N–H and O–H groups in total. The Balaban J connectivity index is 2.34. The molecule has 17 heavy (non-hydrogen) atoms. The van der Waals surface area contributed by atoms with E-state index in [0.29, 0.717) is 18.5 Å². The van der Waals surface area contributed by atoms with Crippen LogP contribution in [0, 0.1) is 0 Å². The number of anilines is 1. The molecular weight excluding hydrogens is 242 g/mol. The molecule has 2 heterocycles. The fourth-order valence-electron chi connectivity index (χ4n) is 2.19. The summed E-state index contributed by atoms with van der Waals surface area (Å²) < 4.78 is 24.1. The lowest BCUT2D eigenvalue weighted by atomic mass is 10.2. The Labute approximate surface area is 99.7 Å². The first-order valence-electron chi connectivity index (χ1n) is 5.74. The number of H-pyrrole nitrogens is 1. The molecule has 96 valence electrons. The van der Waals surface area contributed by atoms with Gasteiger partial charge < -0.3 is 5.73 Å². The quantitative estimate of drug-likeness (QED) is 0.802. The van der Waals surface area contributed by atoms with Crippen LogP contribution < -0.4 is 11.3 Å². The zero-order valence-electron chi connectivity index (χ0n) is 9.77. The number of aromatic amines is 1. The molecule has 0 amide bonds. The molecule has 6 nitrogen and oxygen atoms in total. The van der Waals surface area contributed by atoms with Crippen molar-refractivity contribution in [1.82, 2.24) is 9.78 Å². The summed E-state index contributed by atoms with van der Waals surface area (Å²) in [6.07, 6.45) is 2.06. The van der Waals surface area contributed by atoms with Crippen LogP contribution in [0.15, 0.2) is 4.79 Å². The first kappa shape index (κ1) is 12.2. The van der Waals surface area contributed by atoms with Gasteiger partial charge in [0.1, 0.15) is 5.69 Å². The van der Waals surface area contributed by atoms with Gasteiger partial charge in [0.2, 0.25) is 0 Å². The van der Waals surface area contributed by atoms with Crippen LogP contribution in [0.4, 0.5) is 5.69 Å². The van der Waals surface area contributed by atoms with Gasteiger partial charge in [-0.1, -0.05) is 13.3 Å². The minimum atomic E-state index is -3.00. The van der Waals surface area contributed by atoms with Crippen molar-refractivity contribution in [1.29, 1.82) is 0 Å². The van der Waals surface area contributed by atoms with Crippen LogP contribution in [0.5, 0.6) is 0 Å². The number of nitrogens with two attached hydrogens (primary N) is 1. The van der Waals surface area contributed by atoms with Crippen molar-refractivity contribution >= 4 is 15.5 Å². The molecule has 0 saturated carbocycles. The summed E-state index contributed by atoms with van der Waals surface area (Å²) >= 11 is 0. The number of hydrogen-bond acceptors (Lipinski definition) is 4. The van der Waals surface area contributed by atoms with E-state index in [9.17, 15) is 13.2 Å². The van der Waals surface area contributed by atoms with Gasteiger partial charge in [-0.15, -0.1) is 0 Å². The third-order valence-electron chi connectivity index (χ3n) is 3.10. The van der Waals surface area contributed by atoms with Crippen LogP contribution in [-0.4, -0.2) is 29.7 Å². The third kappa shape index (κ3) is 2.24. The van der Waals surface area contributed by atoms with Crippen LogP contribution in [-0.2, 0) is 16.3 Å². The van der Waals surface area contributed by atoms with Crippen molar-refractivity contribution in [3.05, 3.63) is 16.0 Å². The first-order valence-corrected chi connectivity index (χ1v) is 7.56. The molecule has 1 unspecified atom stereocenters. The molecule has 1 fully saturated rings. The summed E-state index contributed by atoms with van der Waals surface area (Å²) in [6, 6.07) is -0.291. The molecule has 1 aliphatic rings. The molecule has 1 aliphatic heterocycles. The molecule has 7 heteroatoms. The molecule has 0 radical (unpaired) electrons. The maximum atomic E-state index is 11.9. The molecule has 1 aromatic heterocycles. The number of nitrogen functional groups attached to an aromatic ring is 1. The van der Waals surface area contributed by atoms with E-state index in [1.807, 2.05) is 6.92 Å². The Morgan fingerprint density at radius 2 is 2.24 bits per heavy atom. The standard InChI is InChI=1S/C10H17N3O3S/c1-2-3-8-9(11)10(14)13(12-8)7-4-5-17(15,16)6-7/h7,12H,2-6,11H2,1H3. The van der Waals surface area contributed by atoms with Crippen molar-refractivity contribution in [2.75, 3.05) is 17.2 Å². The Morgan fingerprint density at radius 3 is 2.76 bits per heavy atom. The zero-order valence-corrected chi connectivity index (χ0v) is 10.6. The maximum absolute atomic E-state index is 11.9. The minimum absolute atomic E-state index is 0.0262. The highest BCUT2D eigenvalue weighted by molar-refractivity contribution is 7.91. The molecule has 2 rings (SSSR count). The fraction of sp³-hybridized carbons (Fsp3) is 0.700. The van der Waals surface area contributed by atoms with E-state index in [4.69, 9.17) is 5.73 Å². The van der Waals surface area contributed by atoms with Gasteiger partial charge in [0, 0.05) is 0 Å². The van der Waals surface area contributed by atoms with Gasteiger partial charge in [0.15, 0.2) is 9.84 Å². The number of nitrogens with zero attached hydrogens (tertiary/aromatic N) is 1. The average molecular weight is 259 g/mol. The van der Waals surface area contributed by atoms with Crippen molar-refractivity contribution < 1.29 is 8.42 Å². The van der Waals surface area contributed by atoms with Crippen LogP contribution in [0.1, 0.15) is 31.5 Å². The zero-order chi connectivity index (χ0) is 12.6. The largest absolute Gasteiger partial charge is 0.393 e. The highest BCUT2D eigenvalue weighted by Gasteiger charge is 2.31. The van der Waals surface area contributed by atoms with Gasteiger partial charge in [-0.2, -0.15) is 0 Å². The van der Waals surface area contributed by atoms with Gasteiger partial charge in [-0.3, -0.25) is 9.89 Å². The Morgan fingerprint density at radius 1 is 1.53 bits per heavy atom. The van der Waals surface area contributed by atoms with Crippen LogP contribution in [0.3, 0.4) is 0 Å². The van der Waals surface area contributed by atoms with Crippen molar-refractivity contribution in [3.63, 3.8) is 0 Å². The van der Waals surface area contributed by atoms with Gasteiger partial charge in [0.25, 0.3) is 5.56 Å². The maximum Gasteiger partial charge on any atom is 0.290 e. The Hall–Kier alpha value is -1.24. The number of nitrogens with one attached hydrogen (secondary N) is 1. The second kappa shape index (κ2) is 4.21. The van der Waals surface area contributed by atoms with Crippen molar-refractivity contribution in [2.45, 2.75) is 32.2 Å². The van der Waals surface area contributed by atoms with E-state index in [1.165, 1.54) is 4.68 Å². The number of sulfone groups is 1. The summed E-state index contributed by atoms with van der Waals surface area (Å²) in [6.45, 7) is 2.00. The van der Waals surface area contributed by atoms with E-state index < -0.39 is 9.84 Å². The molecule has 1 saturated heterocycles. The monoisotopic (exact) mass is 259 g/mol. The lowest BCUT2D eigenvalue weighted by Crippen LogP contribution is -2.24. The SMILES string of the molecule is CCCc1[nH]n(C2CCS(=O)(=O)C2)c(=O)c1N. The molecular formula is C10H17N3O3S. The fourth-order valence-corrected chi connectivity index (χ4v) is 3.89. The lowest BCUT2D eigenvalue weighted by Gasteiger charge is -2.07. The van der Waals surface area contributed by atoms with E-state index in [-0.39, 0.29) is 28.8 Å². The van der Waals surface area contributed by atoms with Crippen LogP contribution >= 0.6 is 0 Å². The number of aryl methyl sites for hydroxylation is 1. The smallest absolute Gasteiger partial charge is 0.290 e. The Bertz CT molecular complexity index is 570. The van der Waals surface area contributed by atoms with Gasteiger partial charge in [-0.25, -0.2) is 13.1 Å². The van der Waals surface area contributed by atoms with Gasteiger partial charge in [0.05, 0.1) is 23.2 Å². The number of hydrogen-bond donors (Lipinski definition) is 2. The molecule has 0 aliphatic carbocycles. The minimum Gasteiger partial charge on any atom is -0.393 e. The molecule has 0 aromatic carbocycles. The van der Waals surface area contributed by atoms with Crippen molar-refractivity contribution in [2.24, 2.45) is 0 Å². The normalized spacial score (nSPS) is 23.0. The summed E-state index contributed by atoms with van der Waals surface area (Å²) in [5.74, 6) is 0.171. The summed E-state index contributed by atoms with van der Waals surface area (Å²) in [5.41, 5.74) is 6.34. The summed E-state index contributed by atoms with van der Waals surface area (Å²) in [7, 11) is -3.00. The van der Waals surface area contributed by atoms with E-state index >= 15 is 0 Å². The molecule has 1 atom stereocenters. The first-order chi connectivity index (χ1) is 7.94. The predicted molar refractivity (Wildman–Crippen MR) is 65.8 cm³/mol. The molecule has 0 spiro atoms. The highest BCUT2D eigenvalue weighted by atomic mass is 32.2. The molecule has 0 bridgehead atoms. The van der Waals surface area contributed by atoms with E-state index in [0.717, 1.165) is 6.42 Å². The highest BCUT2D eigenvalue weighted by Crippen LogP contribution is 2.22. The van der Waals surface area contributed by atoms with Gasteiger partial charge >= 0.3 is 0 Å². The predicted octanol–water partition coefficient (Wildman–Crippen LogP) is 0.0707. The summed E-state index contributed by atoms with van der Waals surface area (Å²) in [5, 5.41) is 2.95. The van der Waals surface area contributed by atoms with Gasteiger partial charge in [-0.05, 0) is 12.8 Å². The second-order valence-corrected chi connectivity index (χ2v) is 6.71. The average Bonchev–Trinajstić information content (AvgIpc) is 2.74. The number of aromatic nitrogens is 2. The van der Waals surface area contributed by atoms with Crippen molar-refractivity contribution in [3.8, 4) is 0 Å². The van der Waals surface area contributed by atoms with Crippen LogP contribution in [0.2, 0.25) is 0 Å². The van der Waals surface area contributed by atoms with E-state index in [2.05, 4.69) is 5.10 Å². The number of rotatable bonds is 3. The van der Waals surface area contributed by atoms with Crippen LogP contribution in [0.25, 0.3) is 0 Å².